The van der Waals surface area contributed by atoms with Crippen molar-refractivity contribution in [2.24, 2.45) is 0 Å². The standard InChI is InChI=1S/C5H6O4/c6-2-4-3(7)1-5(8)9-4/h4,6H,1-2H2. The smallest absolute Gasteiger partial charge is 0.314 e. The Morgan fingerprint density at radius 1 is 1.67 bits per heavy atom. The van der Waals surface area contributed by atoms with Crippen molar-refractivity contribution in [2.75, 3.05) is 6.61 Å². The molecule has 1 aliphatic rings. The van der Waals surface area contributed by atoms with Crippen LogP contribution >= 0.6 is 0 Å². The molecule has 1 aliphatic heterocycles. The highest BCUT2D eigenvalue weighted by Gasteiger charge is 2.31. The highest BCUT2D eigenvalue weighted by molar-refractivity contribution is 6.03. The van der Waals surface area contributed by atoms with Crippen molar-refractivity contribution in [3.05, 3.63) is 0 Å². The first-order chi connectivity index (χ1) is 4.24. The Bertz CT molecular complexity index is 151. The van der Waals surface area contributed by atoms with Crippen LogP contribution in [0.2, 0.25) is 0 Å². The van der Waals surface area contributed by atoms with Crippen LogP contribution in [0.1, 0.15) is 6.42 Å². The van der Waals surface area contributed by atoms with Gasteiger partial charge >= 0.3 is 5.97 Å². The Kier molecular flexibility index (Phi) is 1.48. The van der Waals surface area contributed by atoms with E-state index in [-0.39, 0.29) is 12.2 Å². The number of rotatable bonds is 1. The molecule has 1 fully saturated rings. The monoisotopic (exact) mass is 130 g/mol. The molecule has 0 aromatic rings. The number of ether oxygens (including phenoxy) is 1. The van der Waals surface area contributed by atoms with Gasteiger partial charge < -0.3 is 9.84 Å². The molecule has 50 valence electrons. The fraction of sp³-hybridized carbons (Fsp3) is 0.600. The number of carbonyl (C=O) groups excluding carboxylic acids is 2. The molecule has 1 saturated heterocycles. The number of ketones is 1. The molecule has 4 heteroatoms. The number of hydrogen-bond donors (Lipinski definition) is 1. The molecule has 4 nitrogen and oxygen atoms in total. The summed E-state index contributed by atoms with van der Waals surface area (Å²) in [6, 6.07) is 0. The molecule has 0 spiro atoms. The molecular formula is C5H6O4. The Morgan fingerprint density at radius 2 is 2.33 bits per heavy atom. The first-order valence-electron chi connectivity index (χ1n) is 2.57. The number of cyclic esters (lactones) is 1. The van der Waals surface area contributed by atoms with Gasteiger partial charge in [0.05, 0.1) is 6.61 Å². The zero-order valence-corrected chi connectivity index (χ0v) is 4.66. The van der Waals surface area contributed by atoms with Crippen molar-refractivity contribution < 1.29 is 19.4 Å². The molecule has 0 aliphatic carbocycles. The average molecular weight is 130 g/mol. The van der Waals surface area contributed by atoms with Crippen molar-refractivity contribution in [1.82, 2.24) is 0 Å². The van der Waals surface area contributed by atoms with Crippen LogP contribution in [-0.4, -0.2) is 29.6 Å². The molecule has 1 heterocycles. The minimum atomic E-state index is -0.891. The number of aliphatic hydroxyl groups excluding tert-OH is 1. The lowest BCUT2D eigenvalue weighted by molar-refractivity contribution is -0.143. The van der Waals surface area contributed by atoms with Gasteiger partial charge in [-0.15, -0.1) is 0 Å². The molecule has 1 unspecified atom stereocenters. The van der Waals surface area contributed by atoms with Crippen LogP contribution < -0.4 is 0 Å². The van der Waals surface area contributed by atoms with E-state index >= 15 is 0 Å². The van der Waals surface area contributed by atoms with Gasteiger partial charge in [0.2, 0.25) is 0 Å². The van der Waals surface area contributed by atoms with E-state index < -0.39 is 18.7 Å². The first kappa shape index (κ1) is 6.22. The summed E-state index contributed by atoms with van der Waals surface area (Å²) in [6.45, 7) is -0.398. The van der Waals surface area contributed by atoms with Crippen LogP contribution in [0, 0.1) is 0 Å². The van der Waals surface area contributed by atoms with E-state index in [4.69, 9.17) is 5.11 Å². The molecule has 0 saturated carbocycles. The van der Waals surface area contributed by atoms with Gasteiger partial charge in [-0.3, -0.25) is 9.59 Å². The zero-order chi connectivity index (χ0) is 6.85. The molecule has 9 heavy (non-hydrogen) atoms. The van der Waals surface area contributed by atoms with E-state index in [1.807, 2.05) is 0 Å². The van der Waals surface area contributed by atoms with E-state index in [9.17, 15) is 9.59 Å². The summed E-state index contributed by atoms with van der Waals surface area (Å²) in [7, 11) is 0. The third-order valence-corrected chi connectivity index (χ3v) is 1.12. The van der Waals surface area contributed by atoms with Gasteiger partial charge in [-0.1, -0.05) is 0 Å². The second kappa shape index (κ2) is 2.14. The molecule has 0 bridgehead atoms. The van der Waals surface area contributed by atoms with Gasteiger partial charge in [0.1, 0.15) is 6.42 Å². The number of esters is 1. The minimum Gasteiger partial charge on any atom is -0.452 e. The maximum Gasteiger partial charge on any atom is 0.314 e. The van der Waals surface area contributed by atoms with Gasteiger partial charge in [0.15, 0.2) is 11.9 Å². The summed E-state index contributed by atoms with van der Waals surface area (Å²) in [6.07, 6.45) is -1.08. The van der Waals surface area contributed by atoms with Gasteiger partial charge in [0, 0.05) is 0 Å². The number of aliphatic hydroxyl groups is 1. The van der Waals surface area contributed by atoms with Crippen LogP contribution in [0.25, 0.3) is 0 Å². The lowest BCUT2D eigenvalue weighted by Crippen LogP contribution is -2.19. The number of hydrogen-bond acceptors (Lipinski definition) is 4. The summed E-state index contributed by atoms with van der Waals surface area (Å²) < 4.78 is 4.38. The number of Topliss-reactive ketones (excluding diaryl/α,β-unsaturated/α-hetero) is 1. The van der Waals surface area contributed by atoms with Crippen molar-refractivity contribution >= 4 is 11.8 Å². The highest BCUT2D eigenvalue weighted by Crippen LogP contribution is 2.07. The Hall–Kier alpha value is -0.900. The fourth-order valence-corrected chi connectivity index (χ4v) is 0.661. The van der Waals surface area contributed by atoms with Crippen LogP contribution in [0.4, 0.5) is 0 Å². The van der Waals surface area contributed by atoms with Crippen LogP contribution in [-0.2, 0) is 14.3 Å². The molecule has 0 amide bonds. The predicted octanol–water partition coefficient (Wildman–Crippen LogP) is -1.14. The largest absolute Gasteiger partial charge is 0.452 e. The maximum absolute atomic E-state index is 10.5. The molecule has 0 aromatic carbocycles. The zero-order valence-electron chi connectivity index (χ0n) is 4.66. The predicted molar refractivity (Wildman–Crippen MR) is 26.6 cm³/mol. The molecule has 0 radical (unpaired) electrons. The Labute approximate surface area is 51.4 Å². The van der Waals surface area contributed by atoms with Crippen molar-refractivity contribution in [1.29, 1.82) is 0 Å². The average Bonchev–Trinajstić information content (AvgIpc) is 2.10. The third kappa shape index (κ3) is 1.08. The van der Waals surface area contributed by atoms with E-state index in [1.54, 1.807) is 0 Å². The van der Waals surface area contributed by atoms with Crippen molar-refractivity contribution in [3.63, 3.8) is 0 Å². The van der Waals surface area contributed by atoms with E-state index in [0.29, 0.717) is 0 Å². The summed E-state index contributed by atoms with van der Waals surface area (Å²) in [5, 5.41) is 8.36. The topological polar surface area (TPSA) is 63.6 Å². The molecule has 1 rings (SSSR count). The number of carbonyl (C=O) groups is 2. The Balaban J connectivity index is 2.58. The fourth-order valence-electron chi connectivity index (χ4n) is 0.661. The second-order valence-electron chi connectivity index (χ2n) is 1.80. The molecule has 1 N–H and O–H groups in total. The van der Waals surface area contributed by atoms with Crippen molar-refractivity contribution in [2.45, 2.75) is 12.5 Å². The van der Waals surface area contributed by atoms with Crippen LogP contribution in [0.3, 0.4) is 0 Å². The lowest BCUT2D eigenvalue weighted by atomic mass is 10.2. The summed E-state index contributed by atoms with van der Waals surface area (Å²) in [5.41, 5.74) is 0. The summed E-state index contributed by atoms with van der Waals surface area (Å²) in [5.74, 6) is -0.874. The second-order valence-corrected chi connectivity index (χ2v) is 1.80. The quantitative estimate of drug-likeness (QED) is 0.360. The summed E-state index contributed by atoms with van der Waals surface area (Å²) >= 11 is 0. The Morgan fingerprint density at radius 3 is 2.56 bits per heavy atom. The van der Waals surface area contributed by atoms with E-state index in [0.717, 1.165) is 0 Å². The molecule has 1 atom stereocenters. The van der Waals surface area contributed by atoms with Crippen LogP contribution in [0.15, 0.2) is 0 Å². The maximum atomic E-state index is 10.5. The SMILES string of the molecule is O=C1CC(=O)C(CO)O1. The third-order valence-electron chi connectivity index (χ3n) is 1.12. The van der Waals surface area contributed by atoms with Crippen molar-refractivity contribution in [3.8, 4) is 0 Å². The van der Waals surface area contributed by atoms with Gasteiger partial charge in [-0.25, -0.2) is 0 Å². The molecular weight excluding hydrogens is 124 g/mol. The van der Waals surface area contributed by atoms with E-state index in [2.05, 4.69) is 4.74 Å². The summed E-state index contributed by atoms with van der Waals surface area (Å²) in [4.78, 5) is 20.8. The first-order valence-corrected chi connectivity index (χ1v) is 2.57. The lowest BCUT2D eigenvalue weighted by Gasteiger charge is -1.99. The van der Waals surface area contributed by atoms with Gasteiger partial charge in [0.25, 0.3) is 0 Å². The van der Waals surface area contributed by atoms with Gasteiger partial charge in [-0.05, 0) is 0 Å². The van der Waals surface area contributed by atoms with Crippen LogP contribution in [0.5, 0.6) is 0 Å². The minimum absolute atomic E-state index is 0.189. The normalized spacial score (nSPS) is 26.6. The molecule has 0 aromatic heterocycles. The van der Waals surface area contributed by atoms with Gasteiger partial charge in [-0.2, -0.15) is 0 Å². The van der Waals surface area contributed by atoms with E-state index in [1.165, 1.54) is 0 Å². The highest BCUT2D eigenvalue weighted by atomic mass is 16.6.